The fourth-order valence-corrected chi connectivity index (χ4v) is 2.15. The number of nitrogens with zero attached hydrogens (tertiary/aromatic N) is 3. The Kier molecular flexibility index (Phi) is 5.33. The first-order chi connectivity index (χ1) is 10.1. The fourth-order valence-electron chi connectivity index (χ4n) is 2.15. The highest BCUT2D eigenvalue weighted by Gasteiger charge is 2.13. The third-order valence-corrected chi connectivity index (χ3v) is 3.26. The third-order valence-electron chi connectivity index (χ3n) is 3.26. The van der Waals surface area contributed by atoms with E-state index in [-0.39, 0.29) is 0 Å². The highest BCUT2D eigenvalue weighted by molar-refractivity contribution is 5.35. The minimum absolute atomic E-state index is 0.347. The normalized spacial score (nSPS) is 12.6. The van der Waals surface area contributed by atoms with Crippen LogP contribution in [0.5, 0.6) is 5.75 Å². The molecule has 5 heteroatoms. The highest BCUT2D eigenvalue weighted by atomic mass is 16.5. The van der Waals surface area contributed by atoms with Gasteiger partial charge in [0.05, 0.1) is 6.10 Å². The zero-order valence-electron chi connectivity index (χ0n) is 12.9. The molecule has 2 aromatic rings. The molecular weight excluding hydrogens is 266 g/mol. The number of rotatable bonds is 7. The number of benzene rings is 1. The summed E-state index contributed by atoms with van der Waals surface area (Å²) in [5.41, 5.74) is 0.815. The van der Waals surface area contributed by atoms with Gasteiger partial charge in [-0.3, -0.25) is 0 Å². The summed E-state index contributed by atoms with van der Waals surface area (Å²) in [6.07, 6.45) is 1.70. The van der Waals surface area contributed by atoms with E-state index in [1.54, 1.807) is 6.33 Å². The summed E-state index contributed by atoms with van der Waals surface area (Å²) in [5, 5.41) is 14.2. The molecule has 1 atom stereocenters. The van der Waals surface area contributed by atoms with Crippen LogP contribution < -0.4 is 4.74 Å². The van der Waals surface area contributed by atoms with Gasteiger partial charge in [-0.1, -0.05) is 39.0 Å². The van der Waals surface area contributed by atoms with Gasteiger partial charge in [0.25, 0.3) is 0 Å². The summed E-state index contributed by atoms with van der Waals surface area (Å²) in [5.74, 6) is 2.00. The van der Waals surface area contributed by atoms with E-state index in [0.717, 1.165) is 17.9 Å². The van der Waals surface area contributed by atoms with E-state index < -0.39 is 6.10 Å². The number of ether oxygens (including phenoxy) is 1. The van der Waals surface area contributed by atoms with Crippen molar-refractivity contribution < 1.29 is 9.84 Å². The van der Waals surface area contributed by atoms with Crippen molar-refractivity contribution in [3.63, 3.8) is 0 Å². The number of aliphatic hydroxyl groups excluding tert-OH is 1. The third kappa shape index (κ3) is 4.04. The summed E-state index contributed by atoms with van der Waals surface area (Å²) < 4.78 is 7.71. The average Bonchev–Trinajstić information content (AvgIpc) is 2.91. The van der Waals surface area contributed by atoms with Gasteiger partial charge in [0.1, 0.15) is 18.7 Å². The number of hydrogen-bond donors (Lipinski definition) is 1. The number of aliphatic hydroxyl groups is 1. The van der Waals surface area contributed by atoms with Gasteiger partial charge in [-0.25, -0.2) is 9.67 Å². The van der Waals surface area contributed by atoms with Gasteiger partial charge >= 0.3 is 0 Å². The van der Waals surface area contributed by atoms with E-state index in [9.17, 15) is 5.11 Å². The molecule has 0 saturated carbocycles. The molecular formula is C16H23N3O2. The Labute approximate surface area is 125 Å². The van der Waals surface area contributed by atoms with Crippen molar-refractivity contribution in [2.45, 2.75) is 46.4 Å². The molecule has 1 N–H and O–H groups in total. The van der Waals surface area contributed by atoms with Crippen LogP contribution in [0.4, 0.5) is 0 Å². The fraction of sp³-hybridized carbons (Fsp3) is 0.500. The molecule has 5 nitrogen and oxygen atoms in total. The molecule has 0 radical (unpaired) electrons. The zero-order valence-corrected chi connectivity index (χ0v) is 12.9. The summed E-state index contributed by atoms with van der Waals surface area (Å²) >= 11 is 0. The van der Waals surface area contributed by atoms with Crippen LogP contribution in [-0.2, 0) is 13.2 Å². The minimum atomic E-state index is -0.505. The molecule has 0 unspecified atom stereocenters. The van der Waals surface area contributed by atoms with Gasteiger partial charge in [0.2, 0.25) is 0 Å². The summed E-state index contributed by atoms with van der Waals surface area (Å²) in [6, 6.07) is 7.57. The lowest BCUT2D eigenvalue weighted by molar-refractivity contribution is 0.165. The zero-order chi connectivity index (χ0) is 15.2. The molecule has 0 amide bonds. The molecule has 0 aliphatic rings. The smallest absolute Gasteiger partial charge is 0.164 e. The van der Waals surface area contributed by atoms with Gasteiger partial charge in [-0.05, 0) is 18.4 Å². The Morgan fingerprint density at radius 2 is 2.05 bits per heavy atom. The first-order valence-corrected chi connectivity index (χ1v) is 7.38. The van der Waals surface area contributed by atoms with Crippen LogP contribution in [0.25, 0.3) is 0 Å². The van der Waals surface area contributed by atoms with Gasteiger partial charge in [-0.2, -0.15) is 5.10 Å². The van der Waals surface area contributed by atoms with Gasteiger partial charge in [0, 0.05) is 12.1 Å². The Balaban J connectivity index is 2.08. The van der Waals surface area contributed by atoms with Crippen molar-refractivity contribution >= 4 is 0 Å². The molecule has 2 rings (SSSR count). The van der Waals surface area contributed by atoms with Gasteiger partial charge in [-0.15, -0.1) is 0 Å². The average molecular weight is 289 g/mol. The maximum atomic E-state index is 10.0. The summed E-state index contributed by atoms with van der Waals surface area (Å²) in [7, 11) is 0. The van der Waals surface area contributed by atoms with Crippen molar-refractivity contribution in [3.05, 3.63) is 42.0 Å². The molecule has 0 saturated heterocycles. The molecule has 0 aliphatic heterocycles. The summed E-state index contributed by atoms with van der Waals surface area (Å²) in [6.45, 7) is 7.39. The maximum Gasteiger partial charge on any atom is 0.164 e. The lowest BCUT2D eigenvalue weighted by atomic mass is 10.1. The van der Waals surface area contributed by atoms with Crippen molar-refractivity contribution in [2.75, 3.05) is 0 Å². The molecule has 0 fully saturated rings. The first kappa shape index (κ1) is 15.5. The van der Waals surface area contributed by atoms with Crippen LogP contribution in [0, 0.1) is 5.92 Å². The van der Waals surface area contributed by atoms with Crippen molar-refractivity contribution in [1.82, 2.24) is 14.8 Å². The minimum Gasteiger partial charge on any atom is -0.485 e. The van der Waals surface area contributed by atoms with Crippen LogP contribution >= 0.6 is 0 Å². The van der Waals surface area contributed by atoms with E-state index in [1.165, 1.54) is 0 Å². The second-order valence-corrected chi connectivity index (χ2v) is 5.50. The highest BCUT2D eigenvalue weighted by Crippen LogP contribution is 2.27. The van der Waals surface area contributed by atoms with Crippen molar-refractivity contribution in [2.24, 2.45) is 5.92 Å². The van der Waals surface area contributed by atoms with E-state index in [4.69, 9.17) is 4.74 Å². The van der Waals surface area contributed by atoms with E-state index in [1.807, 2.05) is 35.9 Å². The van der Waals surface area contributed by atoms with Crippen LogP contribution in [0.15, 0.2) is 30.6 Å². The Morgan fingerprint density at radius 1 is 1.29 bits per heavy atom. The monoisotopic (exact) mass is 289 g/mol. The van der Waals surface area contributed by atoms with Gasteiger partial charge < -0.3 is 9.84 Å². The second kappa shape index (κ2) is 7.22. The lowest BCUT2D eigenvalue weighted by Crippen LogP contribution is -2.13. The number of aromatic nitrogens is 3. The van der Waals surface area contributed by atoms with Crippen LogP contribution in [0.2, 0.25) is 0 Å². The molecule has 114 valence electrons. The van der Waals surface area contributed by atoms with E-state index in [0.29, 0.717) is 24.7 Å². The van der Waals surface area contributed by atoms with Crippen LogP contribution in [0.3, 0.4) is 0 Å². The van der Waals surface area contributed by atoms with Crippen molar-refractivity contribution in [3.8, 4) is 5.75 Å². The SMILES string of the molecule is CC[C@H](O)c1ccccc1OCc1ncnn1CC(C)C. The molecule has 1 aromatic heterocycles. The molecule has 1 aromatic carbocycles. The van der Waals surface area contributed by atoms with Gasteiger partial charge in [0.15, 0.2) is 5.82 Å². The predicted octanol–water partition coefficient (Wildman–Crippen LogP) is 2.96. The van der Waals surface area contributed by atoms with Crippen molar-refractivity contribution in [1.29, 1.82) is 0 Å². The largest absolute Gasteiger partial charge is 0.485 e. The van der Waals surface area contributed by atoms with Crippen LogP contribution in [-0.4, -0.2) is 19.9 Å². The predicted molar refractivity (Wildman–Crippen MR) is 80.9 cm³/mol. The Bertz CT molecular complexity index is 566. The quantitative estimate of drug-likeness (QED) is 0.851. The van der Waals surface area contributed by atoms with Crippen LogP contribution in [0.1, 0.15) is 44.7 Å². The molecule has 1 heterocycles. The Morgan fingerprint density at radius 3 is 2.76 bits per heavy atom. The summed E-state index contributed by atoms with van der Waals surface area (Å²) in [4.78, 5) is 4.24. The van der Waals surface area contributed by atoms with E-state index >= 15 is 0 Å². The molecule has 0 bridgehead atoms. The number of para-hydroxylation sites is 1. The molecule has 0 spiro atoms. The first-order valence-electron chi connectivity index (χ1n) is 7.38. The standard InChI is InChI=1S/C16H23N3O2/c1-4-14(20)13-7-5-6-8-15(13)21-10-16-17-11-18-19(16)9-12(2)3/h5-8,11-12,14,20H,4,9-10H2,1-3H3/t14-/m0/s1. The molecule has 0 aliphatic carbocycles. The molecule has 21 heavy (non-hydrogen) atoms. The maximum absolute atomic E-state index is 10.0. The lowest BCUT2D eigenvalue weighted by Gasteiger charge is -2.15. The topological polar surface area (TPSA) is 60.2 Å². The second-order valence-electron chi connectivity index (χ2n) is 5.50. The van der Waals surface area contributed by atoms with E-state index in [2.05, 4.69) is 23.9 Å². The number of hydrogen-bond acceptors (Lipinski definition) is 4. The Hall–Kier alpha value is -1.88.